The average molecular weight is 303 g/mol. The minimum Gasteiger partial charge on any atom is -0.492 e. The number of rotatable bonds is 7. The van der Waals surface area contributed by atoms with Crippen molar-refractivity contribution in [2.24, 2.45) is 0 Å². The van der Waals surface area contributed by atoms with Crippen LogP contribution >= 0.6 is 0 Å². The van der Waals surface area contributed by atoms with Crippen LogP contribution in [0, 0.1) is 5.82 Å². The highest BCUT2D eigenvalue weighted by atomic mass is 19.1. The van der Waals surface area contributed by atoms with Crippen LogP contribution in [0.1, 0.15) is 15.9 Å². The van der Waals surface area contributed by atoms with Crippen LogP contribution in [0.2, 0.25) is 0 Å². The molecule has 0 fully saturated rings. The summed E-state index contributed by atoms with van der Waals surface area (Å²) in [5, 5.41) is 2.75. The maximum absolute atomic E-state index is 13.0. The van der Waals surface area contributed by atoms with Crippen molar-refractivity contribution < 1.29 is 18.7 Å². The first-order valence-electron chi connectivity index (χ1n) is 6.93. The number of carbonyl (C=O) groups is 1. The molecule has 2 aromatic rings. The quantitative estimate of drug-likeness (QED) is 0.800. The first-order chi connectivity index (χ1) is 10.7. The van der Waals surface area contributed by atoms with Crippen molar-refractivity contribution >= 4 is 5.91 Å². The molecule has 0 aromatic heterocycles. The number of hydrogen-bond acceptors (Lipinski definition) is 3. The summed E-state index contributed by atoms with van der Waals surface area (Å²) in [6.07, 6.45) is 0. The van der Waals surface area contributed by atoms with Gasteiger partial charge in [-0.25, -0.2) is 4.39 Å². The number of benzene rings is 2. The van der Waals surface area contributed by atoms with Crippen LogP contribution in [0.15, 0.2) is 48.5 Å². The van der Waals surface area contributed by atoms with Crippen molar-refractivity contribution in [2.75, 3.05) is 20.3 Å². The van der Waals surface area contributed by atoms with Gasteiger partial charge in [0.05, 0.1) is 13.2 Å². The second-order valence-corrected chi connectivity index (χ2v) is 4.70. The van der Waals surface area contributed by atoms with Crippen molar-refractivity contribution in [3.8, 4) is 5.75 Å². The van der Waals surface area contributed by atoms with Gasteiger partial charge >= 0.3 is 0 Å². The van der Waals surface area contributed by atoms with Crippen molar-refractivity contribution in [3.63, 3.8) is 0 Å². The minimum atomic E-state index is -0.350. The zero-order chi connectivity index (χ0) is 15.8. The Morgan fingerprint density at radius 3 is 2.77 bits per heavy atom. The standard InChI is InChI=1S/C17H18FNO3/c1-21-12-13-4-2-5-14(10-13)17(20)19-8-9-22-16-7-3-6-15(18)11-16/h2-7,10-11H,8-9,12H2,1H3,(H,19,20). The normalized spacial score (nSPS) is 10.3. The van der Waals surface area contributed by atoms with E-state index in [0.29, 0.717) is 24.5 Å². The molecule has 0 aliphatic rings. The van der Waals surface area contributed by atoms with Gasteiger partial charge in [0.2, 0.25) is 0 Å². The van der Waals surface area contributed by atoms with Crippen LogP contribution in [0.3, 0.4) is 0 Å². The number of amides is 1. The third-order valence-corrected chi connectivity index (χ3v) is 2.95. The molecule has 1 N–H and O–H groups in total. The van der Waals surface area contributed by atoms with E-state index in [2.05, 4.69) is 5.32 Å². The lowest BCUT2D eigenvalue weighted by Crippen LogP contribution is -2.28. The van der Waals surface area contributed by atoms with E-state index in [1.54, 1.807) is 31.4 Å². The molecule has 0 radical (unpaired) electrons. The van der Waals surface area contributed by atoms with Crippen LogP contribution < -0.4 is 10.1 Å². The monoisotopic (exact) mass is 303 g/mol. The molecule has 22 heavy (non-hydrogen) atoms. The summed E-state index contributed by atoms with van der Waals surface area (Å²) in [5.74, 6) is -0.0892. The predicted molar refractivity (Wildman–Crippen MR) is 81.4 cm³/mol. The number of carbonyl (C=O) groups excluding carboxylic acids is 1. The topological polar surface area (TPSA) is 47.6 Å². The molecule has 0 saturated carbocycles. The Morgan fingerprint density at radius 1 is 1.18 bits per heavy atom. The summed E-state index contributed by atoms with van der Waals surface area (Å²) >= 11 is 0. The van der Waals surface area contributed by atoms with E-state index in [-0.39, 0.29) is 18.3 Å². The van der Waals surface area contributed by atoms with E-state index in [9.17, 15) is 9.18 Å². The average Bonchev–Trinajstić information content (AvgIpc) is 2.52. The van der Waals surface area contributed by atoms with Crippen molar-refractivity contribution in [2.45, 2.75) is 6.61 Å². The summed E-state index contributed by atoms with van der Waals surface area (Å²) in [6.45, 7) is 1.07. The maximum atomic E-state index is 13.0. The summed E-state index contributed by atoms with van der Waals surface area (Å²) in [7, 11) is 1.61. The molecule has 0 spiro atoms. The Bertz CT molecular complexity index is 631. The smallest absolute Gasteiger partial charge is 0.251 e. The van der Waals surface area contributed by atoms with E-state index in [1.165, 1.54) is 12.1 Å². The molecular formula is C17H18FNO3. The highest BCUT2D eigenvalue weighted by molar-refractivity contribution is 5.94. The first kappa shape index (κ1) is 16.0. The Balaban J connectivity index is 1.79. The van der Waals surface area contributed by atoms with Gasteiger partial charge in [-0.3, -0.25) is 4.79 Å². The zero-order valence-corrected chi connectivity index (χ0v) is 12.3. The number of methoxy groups -OCH3 is 1. The third kappa shape index (κ3) is 4.86. The van der Waals surface area contributed by atoms with Gasteiger partial charge in [-0.15, -0.1) is 0 Å². The van der Waals surface area contributed by atoms with Crippen molar-refractivity contribution in [1.82, 2.24) is 5.32 Å². The van der Waals surface area contributed by atoms with Gasteiger partial charge in [0.15, 0.2) is 0 Å². The molecule has 0 saturated heterocycles. The Labute approximate surface area is 128 Å². The molecule has 4 nitrogen and oxygen atoms in total. The van der Waals surface area contributed by atoms with Crippen LogP contribution in [0.25, 0.3) is 0 Å². The lowest BCUT2D eigenvalue weighted by molar-refractivity contribution is 0.0946. The Morgan fingerprint density at radius 2 is 2.00 bits per heavy atom. The molecular weight excluding hydrogens is 285 g/mol. The third-order valence-electron chi connectivity index (χ3n) is 2.95. The lowest BCUT2D eigenvalue weighted by Gasteiger charge is -2.08. The first-order valence-corrected chi connectivity index (χ1v) is 6.93. The summed E-state index contributed by atoms with van der Waals surface area (Å²) in [6, 6.07) is 13.1. The van der Waals surface area contributed by atoms with Gasteiger partial charge < -0.3 is 14.8 Å². The largest absolute Gasteiger partial charge is 0.492 e. The van der Waals surface area contributed by atoms with Gasteiger partial charge in [-0.05, 0) is 29.8 Å². The molecule has 0 atom stereocenters. The lowest BCUT2D eigenvalue weighted by atomic mass is 10.1. The summed E-state index contributed by atoms with van der Waals surface area (Å²) in [5.41, 5.74) is 1.51. The highest BCUT2D eigenvalue weighted by Gasteiger charge is 2.05. The van der Waals surface area contributed by atoms with Crippen molar-refractivity contribution in [1.29, 1.82) is 0 Å². The van der Waals surface area contributed by atoms with E-state index in [4.69, 9.17) is 9.47 Å². The zero-order valence-electron chi connectivity index (χ0n) is 12.3. The highest BCUT2D eigenvalue weighted by Crippen LogP contribution is 2.11. The van der Waals surface area contributed by atoms with Gasteiger partial charge in [0.1, 0.15) is 18.2 Å². The van der Waals surface area contributed by atoms with Crippen LogP contribution in [0.5, 0.6) is 5.75 Å². The molecule has 116 valence electrons. The molecule has 0 heterocycles. The number of ether oxygens (including phenoxy) is 2. The van der Waals surface area contributed by atoms with Gasteiger partial charge in [0.25, 0.3) is 5.91 Å². The molecule has 5 heteroatoms. The molecule has 0 aliphatic heterocycles. The van der Waals surface area contributed by atoms with Crippen LogP contribution in [-0.2, 0) is 11.3 Å². The second-order valence-electron chi connectivity index (χ2n) is 4.70. The molecule has 2 aromatic carbocycles. The van der Waals surface area contributed by atoms with E-state index in [0.717, 1.165) is 5.56 Å². The van der Waals surface area contributed by atoms with Crippen LogP contribution in [-0.4, -0.2) is 26.2 Å². The van der Waals surface area contributed by atoms with E-state index < -0.39 is 0 Å². The fourth-order valence-electron chi connectivity index (χ4n) is 1.96. The molecule has 2 rings (SSSR count). The van der Waals surface area contributed by atoms with Crippen molar-refractivity contribution in [3.05, 3.63) is 65.5 Å². The maximum Gasteiger partial charge on any atom is 0.251 e. The number of nitrogens with one attached hydrogen (secondary N) is 1. The predicted octanol–water partition coefficient (Wildman–Crippen LogP) is 2.78. The fraction of sp³-hybridized carbons (Fsp3) is 0.235. The molecule has 0 bridgehead atoms. The second kappa shape index (κ2) is 8.14. The summed E-state index contributed by atoms with van der Waals surface area (Å²) in [4.78, 5) is 12.0. The molecule has 1 amide bonds. The van der Waals surface area contributed by atoms with E-state index >= 15 is 0 Å². The SMILES string of the molecule is COCc1cccc(C(=O)NCCOc2cccc(F)c2)c1. The molecule has 0 unspecified atom stereocenters. The van der Waals surface area contributed by atoms with Crippen LogP contribution in [0.4, 0.5) is 4.39 Å². The fourth-order valence-corrected chi connectivity index (χ4v) is 1.96. The van der Waals surface area contributed by atoms with Gasteiger partial charge in [-0.1, -0.05) is 18.2 Å². The van der Waals surface area contributed by atoms with E-state index in [1.807, 2.05) is 12.1 Å². The molecule has 0 aliphatic carbocycles. The Hall–Kier alpha value is -2.40. The Kier molecular flexibility index (Phi) is 5.91. The minimum absolute atomic E-state index is 0.180. The van der Waals surface area contributed by atoms with Gasteiger partial charge in [0, 0.05) is 18.7 Å². The number of hydrogen-bond donors (Lipinski definition) is 1. The van der Waals surface area contributed by atoms with Gasteiger partial charge in [-0.2, -0.15) is 0 Å². The summed E-state index contributed by atoms with van der Waals surface area (Å²) < 4.78 is 23.4. The number of halogens is 1.